The topological polar surface area (TPSA) is 138 Å². The molecule has 0 aliphatic rings. The first-order chi connectivity index (χ1) is 15.5. The molecule has 0 radical (unpaired) electrons. The van der Waals surface area contributed by atoms with Crippen LogP contribution in [0, 0.1) is 21.4 Å². The number of fused-ring (bicyclic) bond motifs is 1. The number of nitro benzene ring substituents is 1. The molecule has 11 heteroatoms. The molecule has 0 saturated heterocycles. The molecule has 0 amide bonds. The van der Waals surface area contributed by atoms with E-state index in [1.165, 1.54) is 48.4 Å². The molecule has 2 N–H and O–H groups in total. The summed E-state index contributed by atoms with van der Waals surface area (Å²) >= 11 is 2.78. The van der Waals surface area contributed by atoms with Crippen LogP contribution in [0.4, 0.5) is 5.69 Å². The number of methoxy groups -OCH3 is 1. The number of phenols is 1. The van der Waals surface area contributed by atoms with Crippen molar-refractivity contribution in [2.45, 2.75) is 10.9 Å². The fraction of sp³-hybridized carbons (Fsp3) is 0.0952. The number of nitrogens with zero attached hydrogens (tertiary/aromatic N) is 4. The Kier molecular flexibility index (Phi) is 6.07. The number of allylic oxidation sites excluding steroid dienone is 1. The highest BCUT2D eigenvalue weighted by atomic mass is 32.2. The van der Waals surface area contributed by atoms with Crippen molar-refractivity contribution in [3.05, 3.63) is 68.2 Å². The van der Waals surface area contributed by atoms with Gasteiger partial charge >= 0.3 is 0 Å². The number of phenolic OH excluding ortho intramolecular Hbond substituents is 1. The van der Waals surface area contributed by atoms with Gasteiger partial charge in [-0.05, 0) is 29.8 Å². The van der Waals surface area contributed by atoms with E-state index in [0.29, 0.717) is 43.8 Å². The molecular weight excluding hydrogens is 450 g/mol. The van der Waals surface area contributed by atoms with Gasteiger partial charge in [-0.1, -0.05) is 17.8 Å². The molecule has 2 aromatic carbocycles. The summed E-state index contributed by atoms with van der Waals surface area (Å²) in [7, 11) is 1.46. The second kappa shape index (κ2) is 9.09. The van der Waals surface area contributed by atoms with Crippen molar-refractivity contribution in [1.29, 1.82) is 5.26 Å². The molecule has 160 valence electrons. The van der Waals surface area contributed by atoms with Gasteiger partial charge in [0.25, 0.3) is 5.69 Å². The Hall–Kier alpha value is -3.88. The molecule has 0 atom stereocenters. The molecule has 0 spiro atoms. The lowest BCUT2D eigenvalue weighted by Crippen LogP contribution is -1.87. The summed E-state index contributed by atoms with van der Waals surface area (Å²) in [5, 5.41) is 33.3. The number of benzene rings is 2. The van der Waals surface area contributed by atoms with Gasteiger partial charge in [-0.2, -0.15) is 5.26 Å². The van der Waals surface area contributed by atoms with E-state index in [4.69, 9.17) is 4.74 Å². The smallest absolute Gasteiger partial charge is 0.271 e. The van der Waals surface area contributed by atoms with E-state index in [2.05, 4.69) is 21.0 Å². The normalized spacial score (nSPS) is 11.4. The Morgan fingerprint density at radius 2 is 2.22 bits per heavy atom. The first-order valence-corrected chi connectivity index (χ1v) is 11.0. The Morgan fingerprint density at radius 1 is 1.38 bits per heavy atom. The van der Waals surface area contributed by atoms with Gasteiger partial charge in [-0.25, -0.2) is 9.97 Å². The van der Waals surface area contributed by atoms with Crippen LogP contribution in [-0.2, 0) is 5.75 Å². The summed E-state index contributed by atoms with van der Waals surface area (Å²) in [6.07, 6.45) is 1.68. The molecule has 0 bridgehead atoms. The predicted molar refractivity (Wildman–Crippen MR) is 123 cm³/mol. The van der Waals surface area contributed by atoms with Crippen LogP contribution in [0.25, 0.3) is 22.7 Å². The fourth-order valence-corrected chi connectivity index (χ4v) is 4.56. The number of thioether (sulfide) groups is 1. The Morgan fingerprint density at radius 3 is 2.97 bits per heavy atom. The van der Waals surface area contributed by atoms with E-state index in [9.17, 15) is 20.5 Å². The number of nitro groups is 1. The van der Waals surface area contributed by atoms with Gasteiger partial charge in [0.15, 0.2) is 16.7 Å². The van der Waals surface area contributed by atoms with E-state index in [0.717, 1.165) is 5.69 Å². The van der Waals surface area contributed by atoms with Crippen molar-refractivity contribution in [2.24, 2.45) is 0 Å². The summed E-state index contributed by atoms with van der Waals surface area (Å²) in [6, 6.07) is 11.5. The number of ether oxygens (including phenoxy) is 1. The van der Waals surface area contributed by atoms with Crippen molar-refractivity contribution in [1.82, 2.24) is 15.0 Å². The zero-order chi connectivity index (χ0) is 22.7. The second-order valence-electron chi connectivity index (χ2n) is 6.53. The summed E-state index contributed by atoms with van der Waals surface area (Å²) in [4.78, 5) is 22.5. The van der Waals surface area contributed by atoms with Crippen LogP contribution < -0.4 is 4.74 Å². The minimum atomic E-state index is -0.446. The predicted octanol–water partition coefficient (Wildman–Crippen LogP) is 5.00. The molecule has 4 rings (SSSR count). The van der Waals surface area contributed by atoms with Gasteiger partial charge < -0.3 is 14.8 Å². The molecular formula is C21H15N5O4S2. The number of thiazole rings is 1. The maximum atomic E-state index is 10.9. The van der Waals surface area contributed by atoms with E-state index in [-0.39, 0.29) is 11.4 Å². The summed E-state index contributed by atoms with van der Waals surface area (Å²) in [6.45, 7) is 0. The van der Waals surface area contributed by atoms with Crippen LogP contribution in [0.5, 0.6) is 11.5 Å². The van der Waals surface area contributed by atoms with E-state index in [1.54, 1.807) is 24.3 Å². The highest BCUT2D eigenvalue weighted by Crippen LogP contribution is 2.30. The molecule has 4 aromatic rings. The molecule has 9 nitrogen and oxygen atoms in total. The van der Waals surface area contributed by atoms with E-state index in [1.807, 2.05) is 5.38 Å². The van der Waals surface area contributed by atoms with Crippen LogP contribution in [-0.4, -0.2) is 32.1 Å². The van der Waals surface area contributed by atoms with Crippen molar-refractivity contribution in [3.63, 3.8) is 0 Å². The highest BCUT2D eigenvalue weighted by Gasteiger charge is 2.12. The lowest BCUT2D eigenvalue weighted by Gasteiger charge is -2.04. The molecule has 0 aliphatic carbocycles. The second-order valence-corrected chi connectivity index (χ2v) is 8.36. The summed E-state index contributed by atoms with van der Waals surface area (Å²) in [5.74, 6) is 0.866. The Bertz CT molecular complexity index is 1390. The fourth-order valence-electron chi connectivity index (χ4n) is 2.89. The third-order valence-electron chi connectivity index (χ3n) is 4.43. The minimum absolute atomic E-state index is 0.00362. The number of non-ortho nitro benzene ring substituents is 1. The number of imidazole rings is 1. The van der Waals surface area contributed by atoms with Crippen LogP contribution in [0.15, 0.2) is 46.9 Å². The largest absolute Gasteiger partial charge is 0.504 e. The van der Waals surface area contributed by atoms with Gasteiger partial charge in [-0.3, -0.25) is 10.1 Å². The average Bonchev–Trinajstić information content (AvgIpc) is 3.43. The maximum Gasteiger partial charge on any atom is 0.271 e. The molecule has 0 saturated carbocycles. The summed E-state index contributed by atoms with van der Waals surface area (Å²) in [5.41, 5.74) is 3.14. The first kappa shape index (κ1) is 21.4. The third kappa shape index (κ3) is 4.56. The van der Waals surface area contributed by atoms with Gasteiger partial charge in [0.2, 0.25) is 0 Å². The van der Waals surface area contributed by atoms with Crippen molar-refractivity contribution in [3.8, 4) is 17.6 Å². The van der Waals surface area contributed by atoms with Gasteiger partial charge in [0.05, 0.1) is 34.3 Å². The molecule has 0 aliphatic heterocycles. The molecule has 2 heterocycles. The maximum absolute atomic E-state index is 10.9. The SMILES string of the molecule is COc1cc(C=C(C#N)c2nc(CSc3nc4ccc([N+](=O)[O-])cc4[nH]3)cs2)ccc1O. The number of H-pyrrole nitrogens is 1. The number of aromatic amines is 1. The first-order valence-electron chi connectivity index (χ1n) is 9.17. The van der Waals surface area contributed by atoms with E-state index < -0.39 is 4.92 Å². The number of hydrogen-bond donors (Lipinski definition) is 2. The van der Waals surface area contributed by atoms with Crippen molar-refractivity contribution in [2.75, 3.05) is 7.11 Å². The standard InChI is InChI=1S/C21H15N5O4S2/c1-30-19-7-12(2-5-18(19)27)6-13(9-22)20-23-14(10-31-20)11-32-21-24-16-4-3-15(26(28)29)8-17(16)25-21/h2-8,10,27H,11H2,1H3,(H,24,25). The summed E-state index contributed by atoms with van der Waals surface area (Å²) < 4.78 is 5.10. The Labute approximate surface area is 190 Å². The zero-order valence-electron chi connectivity index (χ0n) is 16.6. The highest BCUT2D eigenvalue weighted by molar-refractivity contribution is 7.98. The number of nitrogens with one attached hydrogen (secondary N) is 1. The minimum Gasteiger partial charge on any atom is -0.504 e. The van der Waals surface area contributed by atoms with E-state index >= 15 is 0 Å². The molecule has 0 fully saturated rings. The quantitative estimate of drug-likeness (QED) is 0.168. The Balaban J connectivity index is 1.49. The van der Waals surface area contributed by atoms with Crippen molar-refractivity contribution >= 4 is 51.5 Å². The van der Waals surface area contributed by atoms with Crippen LogP contribution in [0.3, 0.4) is 0 Å². The number of nitriles is 1. The number of aromatic nitrogens is 3. The van der Waals surface area contributed by atoms with Gasteiger partial charge in [0, 0.05) is 23.3 Å². The number of hydrogen-bond acceptors (Lipinski definition) is 9. The molecule has 0 unspecified atom stereocenters. The average molecular weight is 466 g/mol. The molecule has 32 heavy (non-hydrogen) atoms. The lowest BCUT2D eigenvalue weighted by molar-refractivity contribution is -0.384. The molecule has 2 aromatic heterocycles. The van der Waals surface area contributed by atoms with Crippen molar-refractivity contribution < 1.29 is 14.8 Å². The zero-order valence-corrected chi connectivity index (χ0v) is 18.2. The third-order valence-corrected chi connectivity index (χ3v) is 6.26. The van der Waals surface area contributed by atoms with Crippen LogP contribution in [0.1, 0.15) is 16.3 Å². The lowest BCUT2D eigenvalue weighted by atomic mass is 10.1. The number of rotatable bonds is 7. The van der Waals surface area contributed by atoms with Crippen LogP contribution in [0.2, 0.25) is 0 Å². The van der Waals surface area contributed by atoms with Gasteiger partial charge in [0.1, 0.15) is 11.1 Å². The van der Waals surface area contributed by atoms with Gasteiger partial charge in [-0.15, -0.1) is 11.3 Å². The monoisotopic (exact) mass is 465 g/mol. The number of aromatic hydroxyl groups is 1. The van der Waals surface area contributed by atoms with Crippen LogP contribution >= 0.6 is 23.1 Å².